The number of aromatic nitrogens is 1. The summed E-state index contributed by atoms with van der Waals surface area (Å²) in [6.07, 6.45) is 1.62. The Bertz CT molecular complexity index is 609. The van der Waals surface area contributed by atoms with Crippen LogP contribution < -0.4 is 5.32 Å². The summed E-state index contributed by atoms with van der Waals surface area (Å²) in [5, 5.41) is 3.43. The summed E-state index contributed by atoms with van der Waals surface area (Å²) in [5.41, 5.74) is 0.924. The molecule has 27 heavy (non-hydrogen) atoms. The highest BCUT2D eigenvalue weighted by Gasteiger charge is 2.22. The summed E-state index contributed by atoms with van der Waals surface area (Å²) >= 11 is 1.46. The highest BCUT2D eigenvalue weighted by atomic mass is 32.1. The first-order valence-electron chi connectivity index (χ1n) is 9.73. The average molecular weight is 397 g/mol. The second-order valence-electron chi connectivity index (χ2n) is 7.09. The van der Waals surface area contributed by atoms with Gasteiger partial charge in [0.1, 0.15) is 0 Å². The summed E-state index contributed by atoms with van der Waals surface area (Å²) < 4.78 is 5.37. The first-order chi connectivity index (χ1) is 12.9. The lowest BCUT2D eigenvalue weighted by molar-refractivity contribution is -0.138. The lowest BCUT2D eigenvalue weighted by atomic mass is 10.1. The Morgan fingerprint density at radius 3 is 2.63 bits per heavy atom. The van der Waals surface area contributed by atoms with Crippen LogP contribution in [-0.4, -0.2) is 72.5 Å². The van der Waals surface area contributed by atoms with Gasteiger partial charge in [-0.3, -0.25) is 14.5 Å². The molecule has 1 aromatic rings. The van der Waals surface area contributed by atoms with Crippen molar-refractivity contribution in [1.29, 1.82) is 0 Å². The van der Waals surface area contributed by atoms with Gasteiger partial charge >= 0.3 is 0 Å². The van der Waals surface area contributed by atoms with Gasteiger partial charge in [0.05, 0.1) is 25.5 Å². The van der Waals surface area contributed by atoms with Gasteiger partial charge in [-0.2, -0.15) is 0 Å². The van der Waals surface area contributed by atoms with Crippen molar-refractivity contribution in [3.8, 4) is 0 Å². The molecule has 0 bridgehead atoms. The molecule has 1 fully saturated rings. The summed E-state index contributed by atoms with van der Waals surface area (Å²) in [7, 11) is 0. The number of hydrogen-bond donors (Lipinski definition) is 1. The number of amides is 2. The molecule has 2 rings (SSSR count). The smallest absolute Gasteiger partial charge is 0.245 e. The Balaban J connectivity index is 1.89. The maximum absolute atomic E-state index is 12.7. The maximum Gasteiger partial charge on any atom is 0.245 e. The summed E-state index contributed by atoms with van der Waals surface area (Å²) in [4.78, 5) is 34.6. The number of carbonyl (C=O) groups is 2. The zero-order valence-corrected chi connectivity index (χ0v) is 17.7. The first-order valence-corrected chi connectivity index (χ1v) is 10.5. The zero-order valence-electron chi connectivity index (χ0n) is 16.9. The second-order valence-corrected chi connectivity index (χ2v) is 8.29. The molecule has 0 aliphatic carbocycles. The Labute approximate surface area is 166 Å². The second kappa shape index (κ2) is 10.7. The molecular formula is C19H32N4O3S. The van der Waals surface area contributed by atoms with E-state index in [2.05, 4.69) is 15.2 Å². The van der Waals surface area contributed by atoms with Gasteiger partial charge in [0.15, 0.2) is 5.13 Å². The van der Waals surface area contributed by atoms with Gasteiger partial charge in [-0.15, -0.1) is 11.3 Å². The van der Waals surface area contributed by atoms with Crippen molar-refractivity contribution in [1.82, 2.24) is 14.8 Å². The third-order valence-electron chi connectivity index (χ3n) is 4.96. The minimum absolute atomic E-state index is 0.0427. The van der Waals surface area contributed by atoms with Crippen LogP contribution in [0, 0.1) is 19.8 Å². The lowest BCUT2D eigenvalue weighted by Crippen LogP contribution is -2.43. The SMILES string of the molecule is CCC(C)C(=O)N(CCCN1CCOCC1)CC(=O)Nc1nc(C)c(C)s1. The first kappa shape index (κ1) is 21.8. The fourth-order valence-corrected chi connectivity index (χ4v) is 3.75. The lowest BCUT2D eigenvalue weighted by Gasteiger charge is -2.29. The molecule has 2 heterocycles. The molecule has 1 saturated heterocycles. The summed E-state index contributed by atoms with van der Waals surface area (Å²) in [5.74, 6) is -0.224. The van der Waals surface area contributed by atoms with Crippen molar-refractivity contribution >= 4 is 28.3 Å². The van der Waals surface area contributed by atoms with Gasteiger partial charge in [0.25, 0.3) is 0 Å². The third kappa shape index (κ3) is 6.86. The van der Waals surface area contributed by atoms with Crippen LogP contribution >= 0.6 is 11.3 Å². The van der Waals surface area contributed by atoms with E-state index in [0.717, 1.165) is 56.3 Å². The topological polar surface area (TPSA) is 74.8 Å². The van der Waals surface area contributed by atoms with Gasteiger partial charge in [0.2, 0.25) is 11.8 Å². The number of ether oxygens (including phenoxy) is 1. The van der Waals surface area contributed by atoms with Crippen LogP contribution in [0.3, 0.4) is 0 Å². The number of rotatable bonds is 9. The highest BCUT2D eigenvalue weighted by molar-refractivity contribution is 7.15. The van der Waals surface area contributed by atoms with E-state index in [1.54, 1.807) is 4.90 Å². The number of carbonyl (C=O) groups excluding carboxylic acids is 2. The van der Waals surface area contributed by atoms with E-state index in [9.17, 15) is 9.59 Å². The van der Waals surface area contributed by atoms with Crippen molar-refractivity contribution in [2.75, 3.05) is 51.3 Å². The van der Waals surface area contributed by atoms with Crippen LogP contribution in [0.2, 0.25) is 0 Å². The third-order valence-corrected chi connectivity index (χ3v) is 5.95. The van der Waals surface area contributed by atoms with E-state index in [-0.39, 0.29) is 24.3 Å². The molecule has 1 unspecified atom stereocenters. The molecule has 2 amide bonds. The van der Waals surface area contributed by atoms with Crippen LogP contribution in [0.5, 0.6) is 0 Å². The fourth-order valence-electron chi connectivity index (χ4n) is 2.92. The van der Waals surface area contributed by atoms with E-state index in [4.69, 9.17) is 4.74 Å². The Morgan fingerprint density at radius 1 is 1.33 bits per heavy atom. The molecule has 0 aromatic carbocycles. The standard InChI is InChI=1S/C19H32N4O3S/c1-5-14(2)18(25)23(8-6-7-22-9-11-26-12-10-22)13-17(24)21-19-20-15(3)16(4)27-19/h14H,5-13H2,1-4H3,(H,20,21,24). The molecule has 1 aliphatic heterocycles. The minimum atomic E-state index is -0.188. The van der Waals surface area contributed by atoms with E-state index in [0.29, 0.717) is 11.7 Å². The molecular weight excluding hydrogens is 364 g/mol. The number of nitrogens with one attached hydrogen (secondary N) is 1. The van der Waals surface area contributed by atoms with Crippen molar-refractivity contribution in [3.05, 3.63) is 10.6 Å². The molecule has 1 aliphatic rings. The van der Waals surface area contributed by atoms with Gasteiger partial charge in [-0.05, 0) is 26.7 Å². The Hall–Kier alpha value is -1.51. The predicted molar refractivity (Wildman–Crippen MR) is 108 cm³/mol. The predicted octanol–water partition coefficient (Wildman–Crippen LogP) is 2.30. The fraction of sp³-hybridized carbons (Fsp3) is 0.737. The van der Waals surface area contributed by atoms with E-state index in [1.807, 2.05) is 27.7 Å². The normalized spacial score (nSPS) is 16.1. The van der Waals surface area contributed by atoms with Crippen LogP contribution in [0.15, 0.2) is 0 Å². The van der Waals surface area contributed by atoms with E-state index >= 15 is 0 Å². The largest absolute Gasteiger partial charge is 0.379 e. The van der Waals surface area contributed by atoms with Gasteiger partial charge in [-0.1, -0.05) is 13.8 Å². The quantitative estimate of drug-likeness (QED) is 0.693. The number of thiazole rings is 1. The molecule has 7 nitrogen and oxygen atoms in total. The Morgan fingerprint density at radius 2 is 2.04 bits per heavy atom. The van der Waals surface area contributed by atoms with E-state index in [1.165, 1.54) is 11.3 Å². The number of hydrogen-bond acceptors (Lipinski definition) is 6. The van der Waals surface area contributed by atoms with Gasteiger partial charge in [0, 0.05) is 37.0 Å². The van der Waals surface area contributed by atoms with Crippen LogP contribution in [0.4, 0.5) is 5.13 Å². The zero-order chi connectivity index (χ0) is 19.8. The van der Waals surface area contributed by atoms with Crippen LogP contribution in [0.25, 0.3) is 0 Å². The van der Waals surface area contributed by atoms with Gasteiger partial charge in [-0.25, -0.2) is 4.98 Å². The van der Waals surface area contributed by atoms with Crippen molar-refractivity contribution in [3.63, 3.8) is 0 Å². The molecule has 0 saturated carbocycles. The number of nitrogens with zero attached hydrogens (tertiary/aromatic N) is 3. The highest BCUT2D eigenvalue weighted by Crippen LogP contribution is 2.21. The number of aryl methyl sites for hydroxylation is 2. The molecule has 0 radical (unpaired) electrons. The van der Waals surface area contributed by atoms with E-state index < -0.39 is 0 Å². The number of anilines is 1. The van der Waals surface area contributed by atoms with Crippen molar-refractivity contribution in [2.45, 2.75) is 40.5 Å². The Kier molecular flexibility index (Phi) is 8.66. The molecule has 152 valence electrons. The van der Waals surface area contributed by atoms with Crippen LogP contribution in [-0.2, 0) is 14.3 Å². The maximum atomic E-state index is 12.7. The minimum Gasteiger partial charge on any atom is -0.379 e. The number of morpholine rings is 1. The summed E-state index contributed by atoms with van der Waals surface area (Å²) in [6, 6.07) is 0. The molecule has 1 atom stereocenters. The monoisotopic (exact) mass is 396 g/mol. The molecule has 1 N–H and O–H groups in total. The molecule has 8 heteroatoms. The molecule has 0 spiro atoms. The van der Waals surface area contributed by atoms with Crippen molar-refractivity contribution < 1.29 is 14.3 Å². The molecule has 1 aromatic heterocycles. The van der Waals surface area contributed by atoms with Gasteiger partial charge < -0.3 is 15.0 Å². The summed E-state index contributed by atoms with van der Waals surface area (Å²) in [6.45, 7) is 12.8. The average Bonchev–Trinajstić information content (AvgIpc) is 2.97. The van der Waals surface area contributed by atoms with Crippen LogP contribution in [0.1, 0.15) is 37.3 Å². The van der Waals surface area contributed by atoms with Crippen molar-refractivity contribution in [2.24, 2.45) is 5.92 Å².